The zero-order chi connectivity index (χ0) is 45.3. The Hall–Kier alpha value is -5.22. The van der Waals surface area contributed by atoms with Crippen LogP contribution in [0.4, 0.5) is 0 Å². The van der Waals surface area contributed by atoms with E-state index in [1.165, 1.54) is 8.61 Å². The van der Waals surface area contributed by atoms with Gasteiger partial charge in [-0.3, -0.25) is 9.36 Å². The molecule has 6 aromatic rings. The van der Waals surface area contributed by atoms with Gasteiger partial charge in [0.05, 0.1) is 21.9 Å². The Morgan fingerprint density at radius 3 is 1.77 bits per heavy atom. The number of ether oxygens (including phenoxy) is 1. The standard InChI is InChI=1S/C25H34N6O3SSi.C19H20N6O2S/c1-24(8-9-24)35(32,33)30-17-25(18-30,16-26-2)31-15-20(14-28-31)21-6-10-27-23-22(21)7-11-29(23)19-34-12-13-36(3,4)5;1-18(5-6-18)28(26,27)24-12-19(13-24,11-20-2)25-10-14(9-23-25)15-3-7-21-17-16(15)4-8-22-17/h6-7,10-11,14-15H,8-9,12-13,16-19H2,1,3-5H3;3-4,7-10H,5-6,11-13H2,1H3,(H,21,22). The summed E-state index contributed by atoms with van der Waals surface area (Å²) in [6, 6.07) is 9.03. The van der Waals surface area contributed by atoms with Gasteiger partial charge in [0.15, 0.2) is 11.1 Å². The summed E-state index contributed by atoms with van der Waals surface area (Å²) in [7, 11) is -7.80. The van der Waals surface area contributed by atoms with Crippen LogP contribution in [-0.4, -0.2) is 128 Å². The van der Waals surface area contributed by atoms with E-state index in [4.69, 9.17) is 17.9 Å². The number of fused-ring (bicyclic) bond motifs is 2. The number of hydrogen-bond donors (Lipinski definition) is 1. The molecule has 2 aliphatic carbocycles. The van der Waals surface area contributed by atoms with Crippen LogP contribution in [0.25, 0.3) is 54.0 Å². The molecule has 336 valence electrons. The van der Waals surface area contributed by atoms with E-state index in [-0.39, 0.29) is 26.2 Å². The van der Waals surface area contributed by atoms with Crippen molar-refractivity contribution in [2.24, 2.45) is 0 Å². The fourth-order valence-corrected chi connectivity index (χ4v) is 13.5. The van der Waals surface area contributed by atoms with Crippen LogP contribution in [0.15, 0.2) is 73.8 Å². The Kier molecular flexibility index (Phi) is 10.8. The Bertz CT molecular complexity index is 3040. The molecule has 2 saturated carbocycles. The Balaban J connectivity index is 0.000000167. The number of nitrogens with one attached hydrogen (secondary N) is 1. The predicted molar refractivity (Wildman–Crippen MR) is 248 cm³/mol. The molecule has 0 radical (unpaired) electrons. The van der Waals surface area contributed by atoms with Crippen LogP contribution in [0.3, 0.4) is 0 Å². The smallest absolute Gasteiger partial charge is 0.242 e. The maximum absolute atomic E-state index is 12.9. The molecule has 0 bridgehead atoms. The first kappa shape index (κ1) is 44.0. The lowest BCUT2D eigenvalue weighted by atomic mass is 9.92. The number of aromatic nitrogens is 8. The van der Waals surface area contributed by atoms with Gasteiger partial charge in [-0.2, -0.15) is 18.8 Å². The van der Waals surface area contributed by atoms with Gasteiger partial charge in [-0.25, -0.2) is 39.9 Å². The number of rotatable bonds is 15. The molecule has 8 heterocycles. The Labute approximate surface area is 375 Å². The number of H-pyrrole nitrogens is 1. The Morgan fingerprint density at radius 1 is 0.750 bits per heavy atom. The maximum atomic E-state index is 12.9. The van der Waals surface area contributed by atoms with Crippen molar-refractivity contribution >= 4 is 50.2 Å². The zero-order valence-corrected chi connectivity index (χ0v) is 39.5. The van der Waals surface area contributed by atoms with Crippen LogP contribution in [0.1, 0.15) is 39.5 Å². The second-order valence-corrected chi connectivity index (χ2v) is 30.2. The van der Waals surface area contributed by atoms with Gasteiger partial charge >= 0.3 is 0 Å². The molecule has 2 saturated heterocycles. The summed E-state index contributed by atoms with van der Waals surface area (Å²) in [6.07, 6.45) is 17.6. The molecule has 17 nitrogen and oxygen atoms in total. The minimum absolute atomic E-state index is 0.188. The SMILES string of the molecule is [C-]#[N+]CC1(n2cc(-c3ccnc4[nH]ccc34)cn2)CN(S(=O)(=O)C2(C)CC2)C1.[C-]#[N+]CC1(n2cc(-c3ccnc4c3ccn4COCC[Si](C)(C)C)cn2)CN(S(=O)(=O)C2(C)CC2)C1. The van der Waals surface area contributed by atoms with Crippen LogP contribution >= 0.6 is 0 Å². The largest absolute Gasteiger partial charge is 0.361 e. The Morgan fingerprint density at radius 2 is 1.27 bits per heavy atom. The van der Waals surface area contributed by atoms with Crippen molar-refractivity contribution < 1.29 is 21.6 Å². The molecule has 0 spiro atoms. The average molecular weight is 923 g/mol. The molecule has 0 aromatic carbocycles. The lowest BCUT2D eigenvalue weighted by Gasteiger charge is -2.46. The van der Waals surface area contributed by atoms with E-state index < -0.39 is 48.7 Å². The highest BCUT2D eigenvalue weighted by atomic mass is 32.2. The maximum Gasteiger partial charge on any atom is 0.242 e. The molecule has 4 aliphatic rings. The average Bonchev–Trinajstić information content (AvgIpc) is 3.76. The van der Waals surface area contributed by atoms with Gasteiger partial charge in [0.1, 0.15) is 18.0 Å². The highest BCUT2D eigenvalue weighted by Crippen LogP contribution is 2.49. The van der Waals surface area contributed by atoms with Crippen molar-refractivity contribution in [3.63, 3.8) is 0 Å². The summed E-state index contributed by atoms with van der Waals surface area (Å²) in [5.41, 5.74) is 4.25. The summed E-state index contributed by atoms with van der Waals surface area (Å²) >= 11 is 0. The number of nitrogens with zero attached hydrogens (tertiary/aromatic N) is 11. The number of hydrogen-bond acceptors (Lipinski definition) is 9. The predicted octanol–water partition coefficient (Wildman–Crippen LogP) is 6.26. The van der Waals surface area contributed by atoms with E-state index in [1.54, 1.807) is 48.0 Å². The fraction of sp³-hybridized carbons (Fsp3) is 0.500. The van der Waals surface area contributed by atoms with E-state index >= 15 is 0 Å². The van der Waals surface area contributed by atoms with Gasteiger partial charge in [-0.1, -0.05) is 19.6 Å². The summed E-state index contributed by atoms with van der Waals surface area (Å²) in [6.45, 7) is 28.2. The highest BCUT2D eigenvalue weighted by molar-refractivity contribution is 7.91. The second kappa shape index (κ2) is 15.7. The summed E-state index contributed by atoms with van der Waals surface area (Å²) in [4.78, 5) is 19.2. The monoisotopic (exact) mass is 922 g/mol. The molecule has 6 aromatic heterocycles. The van der Waals surface area contributed by atoms with Crippen LogP contribution in [0.2, 0.25) is 25.7 Å². The highest BCUT2D eigenvalue weighted by Gasteiger charge is 2.62. The van der Waals surface area contributed by atoms with Crippen molar-refractivity contribution in [3.05, 3.63) is 96.7 Å². The van der Waals surface area contributed by atoms with Crippen molar-refractivity contribution in [1.29, 1.82) is 0 Å². The zero-order valence-electron chi connectivity index (χ0n) is 36.9. The third-order valence-electron chi connectivity index (χ3n) is 13.6. The van der Waals surface area contributed by atoms with Crippen molar-refractivity contribution in [2.75, 3.05) is 45.9 Å². The van der Waals surface area contributed by atoms with Crippen molar-refractivity contribution in [2.45, 2.75) is 92.5 Å². The number of pyridine rings is 2. The molecular formula is C44H54N12O5S2Si. The third kappa shape index (κ3) is 7.67. The minimum Gasteiger partial charge on any atom is -0.361 e. The quantitative estimate of drug-likeness (QED) is 0.0708. The molecule has 2 aliphatic heterocycles. The molecule has 0 unspecified atom stereocenters. The molecule has 1 N–H and O–H groups in total. The molecule has 0 amide bonds. The molecule has 10 rings (SSSR count). The van der Waals surface area contributed by atoms with Crippen molar-refractivity contribution in [1.82, 2.24) is 47.7 Å². The molecule has 20 heteroatoms. The molecular weight excluding hydrogens is 869 g/mol. The first-order valence-corrected chi connectivity index (χ1v) is 28.2. The van der Waals surface area contributed by atoms with E-state index in [1.807, 2.05) is 53.6 Å². The summed E-state index contributed by atoms with van der Waals surface area (Å²) in [5.74, 6) is 0. The van der Waals surface area contributed by atoms with E-state index in [9.17, 15) is 16.8 Å². The van der Waals surface area contributed by atoms with Gasteiger partial charge in [-0.05, 0) is 81.0 Å². The lowest BCUT2D eigenvalue weighted by Crippen LogP contribution is -2.67. The van der Waals surface area contributed by atoms with Gasteiger partial charge in [0, 0.05) is 99.9 Å². The number of aromatic amines is 1. The summed E-state index contributed by atoms with van der Waals surface area (Å²) in [5, 5.41) is 11.1. The normalized spacial score (nSPS) is 19.8. The van der Waals surface area contributed by atoms with Crippen LogP contribution in [0, 0.1) is 13.1 Å². The van der Waals surface area contributed by atoms with Gasteiger partial charge in [0.2, 0.25) is 33.1 Å². The van der Waals surface area contributed by atoms with E-state index in [2.05, 4.69) is 54.5 Å². The van der Waals surface area contributed by atoms with Crippen LogP contribution < -0.4 is 0 Å². The fourth-order valence-electron chi connectivity index (χ4n) is 8.62. The third-order valence-corrected chi connectivity index (χ3v) is 20.5. The van der Waals surface area contributed by atoms with Gasteiger partial charge in [0.25, 0.3) is 0 Å². The second-order valence-electron chi connectivity index (χ2n) is 19.7. The van der Waals surface area contributed by atoms with Gasteiger partial charge in [-0.15, -0.1) is 0 Å². The lowest BCUT2D eigenvalue weighted by molar-refractivity contribution is 0.0821. The van der Waals surface area contributed by atoms with Crippen molar-refractivity contribution in [3.8, 4) is 22.3 Å². The molecule has 64 heavy (non-hydrogen) atoms. The van der Waals surface area contributed by atoms with E-state index in [0.29, 0.717) is 45.5 Å². The van der Waals surface area contributed by atoms with Crippen LogP contribution in [-0.2, 0) is 42.6 Å². The first-order valence-electron chi connectivity index (χ1n) is 21.6. The first-order chi connectivity index (χ1) is 30.4. The van der Waals surface area contributed by atoms with Gasteiger partial charge < -0.3 is 24.0 Å². The minimum atomic E-state index is -3.35. The topological polar surface area (TPSA) is 175 Å². The van der Waals surface area contributed by atoms with E-state index in [0.717, 1.165) is 57.0 Å². The van der Waals surface area contributed by atoms with Crippen LogP contribution in [0.5, 0.6) is 0 Å². The molecule has 4 fully saturated rings. The summed E-state index contributed by atoms with van der Waals surface area (Å²) < 4.78 is 64.7. The molecule has 0 atom stereocenters. The number of sulfonamides is 2.